The van der Waals surface area contributed by atoms with Crippen molar-refractivity contribution >= 4 is 5.97 Å². The highest BCUT2D eigenvalue weighted by Gasteiger charge is 1.96. The Kier molecular flexibility index (Phi) is 17.1. The van der Waals surface area contributed by atoms with E-state index in [-0.39, 0.29) is 5.97 Å². The fourth-order valence-electron chi connectivity index (χ4n) is 2.41. The Labute approximate surface area is 138 Å². The first-order chi connectivity index (χ1) is 10.8. The zero-order valence-electron chi connectivity index (χ0n) is 14.8. The van der Waals surface area contributed by atoms with E-state index in [4.69, 9.17) is 4.74 Å². The molecule has 0 N–H and O–H groups in total. The first-order valence-corrected chi connectivity index (χ1v) is 9.27. The van der Waals surface area contributed by atoms with Gasteiger partial charge in [-0.05, 0) is 13.3 Å². The fraction of sp³-hybridized carbons (Fsp3) is 0.750. The maximum atomic E-state index is 11.3. The first kappa shape index (κ1) is 20.9. The minimum Gasteiger partial charge on any atom is -0.463 e. The van der Waals surface area contributed by atoms with Gasteiger partial charge in [0, 0.05) is 6.08 Å². The second kappa shape index (κ2) is 18.0. The fourth-order valence-corrected chi connectivity index (χ4v) is 2.41. The van der Waals surface area contributed by atoms with Gasteiger partial charge in [-0.1, -0.05) is 95.8 Å². The third kappa shape index (κ3) is 17.0. The van der Waals surface area contributed by atoms with Crippen LogP contribution in [0.25, 0.3) is 0 Å². The Morgan fingerprint density at radius 1 is 0.773 bits per heavy atom. The first-order valence-electron chi connectivity index (χ1n) is 9.27. The van der Waals surface area contributed by atoms with Gasteiger partial charge in [-0.3, -0.25) is 0 Å². The minimum absolute atomic E-state index is 0.235. The van der Waals surface area contributed by atoms with Crippen molar-refractivity contribution in [2.75, 3.05) is 6.61 Å². The van der Waals surface area contributed by atoms with Gasteiger partial charge in [-0.2, -0.15) is 0 Å². The molecule has 0 unspecified atom stereocenters. The van der Waals surface area contributed by atoms with E-state index in [0.717, 1.165) is 6.42 Å². The highest BCUT2D eigenvalue weighted by molar-refractivity contribution is 5.82. The summed E-state index contributed by atoms with van der Waals surface area (Å²) < 4.78 is 5.12. The number of carbonyl (C=O) groups excluding carboxylic acids is 1. The topological polar surface area (TPSA) is 26.3 Å². The lowest BCUT2D eigenvalue weighted by Crippen LogP contribution is -2.02. The summed E-state index contributed by atoms with van der Waals surface area (Å²) in [6.45, 7) is 4.74. The van der Waals surface area contributed by atoms with Gasteiger partial charge in [-0.15, -0.1) is 0 Å². The standard InChI is InChI=1S/C20H36O2/c1-3-5-7-8-9-10-11-12-13-14-15-17-19-22-20(21)18-16-6-4-2/h4,6,16,18H,3,5,7-15,17,19H2,1-2H3/b6-4+,18-16+. The molecular formula is C20H36O2. The van der Waals surface area contributed by atoms with Crippen molar-refractivity contribution < 1.29 is 9.53 Å². The van der Waals surface area contributed by atoms with Crippen LogP contribution in [0.15, 0.2) is 24.3 Å². The van der Waals surface area contributed by atoms with E-state index < -0.39 is 0 Å². The van der Waals surface area contributed by atoms with Crippen molar-refractivity contribution in [1.29, 1.82) is 0 Å². The lowest BCUT2D eigenvalue weighted by Gasteiger charge is -2.03. The lowest BCUT2D eigenvalue weighted by molar-refractivity contribution is -0.137. The van der Waals surface area contributed by atoms with Gasteiger partial charge in [0.15, 0.2) is 0 Å². The number of rotatable bonds is 15. The molecular weight excluding hydrogens is 272 g/mol. The number of esters is 1. The van der Waals surface area contributed by atoms with Crippen molar-refractivity contribution in [2.45, 2.75) is 90.9 Å². The van der Waals surface area contributed by atoms with Gasteiger partial charge in [0.05, 0.1) is 6.61 Å². The zero-order chi connectivity index (χ0) is 16.3. The molecule has 0 aliphatic carbocycles. The van der Waals surface area contributed by atoms with Crippen LogP contribution in [0.3, 0.4) is 0 Å². The third-order valence-electron chi connectivity index (χ3n) is 3.78. The Hall–Kier alpha value is -1.05. The Morgan fingerprint density at radius 2 is 1.27 bits per heavy atom. The average Bonchev–Trinajstić information content (AvgIpc) is 2.52. The van der Waals surface area contributed by atoms with E-state index in [1.54, 1.807) is 6.08 Å². The smallest absolute Gasteiger partial charge is 0.330 e. The molecule has 0 aromatic heterocycles. The number of ether oxygens (including phenoxy) is 1. The van der Waals surface area contributed by atoms with Gasteiger partial charge in [-0.25, -0.2) is 4.79 Å². The molecule has 0 atom stereocenters. The Morgan fingerprint density at radius 3 is 1.77 bits per heavy atom. The second-order valence-corrected chi connectivity index (χ2v) is 5.94. The largest absolute Gasteiger partial charge is 0.463 e. The van der Waals surface area contributed by atoms with Gasteiger partial charge in [0.25, 0.3) is 0 Å². The average molecular weight is 309 g/mol. The van der Waals surface area contributed by atoms with E-state index in [9.17, 15) is 4.79 Å². The number of hydrogen-bond acceptors (Lipinski definition) is 2. The molecule has 0 aliphatic heterocycles. The second-order valence-electron chi connectivity index (χ2n) is 5.94. The minimum atomic E-state index is -0.235. The summed E-state index contributed by atoms with van der Waals surface area (Å²) >= 11 is 0. The van der Waals surface area contributed by atoms with Crippen molar-refractivity contribution in [2.24, 2.45) is 0 Å². The molecule has 0 rings (SSSR count). The summed E-state index contributed by atoms with van der Waals surface area (Å²) in [4.78, 5) is 11.3. The Balaban J connectivity index is 3.15. The van der Waals surface area contributed by atoms with Crippen LogP contribution in [0.1, 0.15) is 90.9 Å². The molecule has 22 heavy (non-hydrogen) atoms. The summed E-state index contributed by atoms with van der Waals surface area (Å²) in [7, 11) is 0. The molecule has 0 aromatic carbocycles. The normalized spacial score (nSPS) is 11.5. The van der Waals surface area contributed by atoms with Crippen LogP contribution in [0, 0.1) is 0 Å². The van der Waals surface area contributed by atoms with Gasteiger partial charge < -0.3 is 4.74 Å². The number of hydrogen-bond donors (Lipinski definition) is 0. The van der Waals surface area contributed by atoms with Crippen LogP contribution in [-0.4, -0.2) is 12.6 Å². The zero-order valence-corrected chi connectivity index (χ0v) is 14.8. The molecule has 0 amide bonds. The van der Waals surface area contributed by atoms with E-state index in [2.05, 4.69) is 6.92 Å². The van der Waals surface area contributed by atoms with Crippen LogP contribution in [0.5, 0.6) is 0 Å². The molecule has 0 fully saturated rings. The SMILES string of the molecule is C/C=C/C=C/C(=O)OCCCCCCCCCCCCCC. The summed E-state index contributed by atoms with van der Waals surface area (Å²) in [6, 6.07) is 0. The highest BCUT2D eigenvalue weighted by atomic mass is 16.5. The van der Waals surface area contributed by atoms with E-state index in [1.807, 2.05) is 19.1 Å². The molecule has 2 nitrogen and oxygen atoms in total. The maximum Gasteiger partial charge on any atom is 0.330 e. The molecule has 0 heterocycles. The van der Waals surface area contributed by atoms with Gasteiger partial charge >= 0.3 is 5.97 Å². The van der Waals surface area contributed by atoms with E-state index in [0.29, 0.717) is 6.61 Å². The predicted molar refractivity (Wildman–Crippen MR) is 96.0 cm³/mol. The molecule has 0 aromatic rings. The monoisotopic (exact) mass is 308 g/mol. The van der Waals surface area contributed by atoms with E-state index >= 15 is 0 Å². The summed E-state index contributed by atoms with van der Waals surface area (Å²) in [5.74, 6) is -0.235. The molecule has 0 spiro atoms. The van der Waals surface area contributed by atoms with Crippen LogP contribution in [-0.2, 0) is 9.53 Å². The van der Waals surface area contributed by atoms with Crippen molar-refractivity contribution in [3.8, 4) is 0 Å². The number of allylic oxidation sites excluding steroid dienone is 3. The molecule has 0 bridgehead atoms. The lowest BCUT2D eigenvalue weighted by atomic mass is 10.1. The van der Waals surface area contributed by atoms with Crippen molar-refractivity contribution in [3.05, 3.63) is 24.3 Å². The number of unbranched alkanes of at least 4 members (excludes halogenated alkanes) is 11. The van der Waals surface area contributed by atoms with Crippen molar-refractivity contribution in [1.82, 2.24) is 0 Å². The van der Waals surface area contributed by atoms with Gasteiger partial charge in [0.2, 0.25) is 0 Å². The summed E-state index contributed by atoms with van der Waals surface area (Å²) in [5.41, 5.74) is 0. The predicted octanol–water partition coefficient (Wildman–Crippen LogP) is 6.36. The van der Waals surface area contributed by atoms with E-state index in [1.165, 1.54) is 76.7 Å². The third-order valence-corrected chi connectivity index (χ3v) is 3.78. The van der Waals surface area contributed by atoms with Crippen LogP contribution in [0.4, 0.5) is 0 Å². The molecule has 0 radical (unpaired) electrons. The molecule has 2 heteroatoms. The molecule has 0 saturated carbocycles. The maximum absolute atomic E-state index is 11.3. The molecule has 0 saturated heterocycles. The molecule has 0 aliphatic rings. The highest BCUT2D eigenvalue weighted by Crippen LogP contribution is 2.11. The molecule has 128 valence electrons. The Bertz CT molecular complexity index is 292. The quantitative estimate of drug-likeness (QED) is 0.152. The number of carbonyl (C=O) groups is 1. The van der Waals surface area contributed by atoms with Crippen LogP contribution >= 0.6 is 0 Å². The van der Waals surface area contributed by atoms with Gasteiger partial charge in [0.1, 0.15) is 0 Å². The van der Waals surface area contributed by atoms with Crippen molar-refractivity contribution in [3.63, 3.8) is 0 Å². The summed E-state index contributed by atoms with van der Waals surface area (Å²) in [5, 5.41) is 0. The summed E-state index contributed by atoms with van der Waals surface area (Å²) in [6.07, 6.45) is 22.8. The van der Waals surface area contributed by atoms with Crippen LogP contribution < -0.4 is 0 Å². The van der Waals surface area contributed by atoms with Crippen LogP contribution in [0.2, 0.25) is 0 Å².